The maximum absolute atomic E-state index is 12.0. The van der Waals surface area contributed by atoms with E-state index >= 15 is 0 Å². The molecule has 2 aromatic rings. The highest BCUT2D eigenvalue weighted by molar-refractivity contribution is 7.93. The van der Waals surface area contributed by atoms with Crippen molar-refractivity contribution in [2.75, 3.05) is 4.72 Å². The summed E-state index contributed by atoms with van der Waals surface area (Å²) in [6.45, 7) is 0. The summed E-state index contributed by atoms with van der Waals surface area (Å²) in [5, 5.41) is 12.4. The maximum Gasteiger partial charge on any atom is 0.289 e. The van der Waals surface area contributed by atoms with E-state index in [9.17, 15) is 18.5 Å². The lowest BCUT2D eigenvalue weighted by Crippen LogP contribution is -2.13. The number of hydrogen-bond acceptors (Lipinski definition) is 6. The Kier molecular flexibility index (Phi) is 3.69. The van der Waals surface area contributed by atoms with Crippen LogP contribution in [0.5, 0.6) is 0 Å². The van der Waals surface area contributed by atoms with Crippen molar-refractivity contribution in [3.05, 3.63) is 44.9 Å². The zero-order valence-corrected chi connectivity index (χ0v) is 11.5. The Labute approximate surface area is 117 Å². The molecule has 0 radical (unpaired) electrons. The van der Waals surface area contributed by atoms with Gasteiger partial charge in [-0.3, -0.25) is 14.8 Å². The van der Waals surface area contributed by atoms with Gasteiger partial charge >= 0.3 is 0 Å². The molecule has 0 aliphatic carbocycles. The van der Waals surface area contributed by atoms with Crippen molar-refractivity contribution in [2.45, 2.75) is 4.90 Å². The first-order valence-electron chi connectivity index (χ1n) is 4.76. The molecule has 19 heavy (non-hydrogen) atoms. The third kappa shape index (κ3) is 3.00. The molecule has 0 atom stereocenters. The minimum Gasteiger partial charge on any atom is -0.258 e. The number of halogens is 1. The summed E-state index contributed by atoms with van der Waals surface area (Å²) in [5.41, 5.74) is -0.469. The van der Waals surface area contributed by atoms with E-state index in [1.165, 1.54) is 12.3 Å². The minimum atomic E-state index is -3.92. The van der Waals surface area contributed by atoms with E-state index in [1.807, 2.05) is 0 Å². The Morgan fingerprint density at radius 2 is 2.16 bits per heavy atom. The van der Waals surface area contributed by atoms with E-state index in [4.69, 9.17) is 11.6 Å². The van der Waals surface area contributed by atoms with Gasteiger partial charge in [-0.15, -0.1) is 11.3 Å². The highest BCUT2D eigenvalue weighted by Gasteiger charge is 2.21. The van der Waals surface area contributed by atoms with Crippen LogP contribution in [0.2, 0.25) is 5.02 Å². The molecule has 0 unspecified atom stereocenters. The quantitative estimate of drug-likeness (QED) is 0.689. The summed E-state index contributed by atoms with van der Waals surface area (Å²) in [6.07, 6.45) is 1.44. The number of thiazole rings is 1. The SMILES string of the molecule is O=[N+]([O-])c1cc(S(=O)(=O)Nc2nccs2)ccc1Cl. The van der Waals surface area contributed by atoms with Gasteiger partial charge in [-0.25, -0.2) is 13.4 Å². The van der Waals surface area contributed by atoms with Crippen LogP contribution in [0.4, 0.5) is 10.8 Å². The van der Waals surface area contributed by atoms with Crippen LogP contribution in [0.25, 0.3) is 0 Å². The number of sulfonamides is 1. The molecule has 7 nitrogen and oxygen atoms in total. The average Bonchev–Trinajstić information content (AvgIpc) is 2.80. The molecule has 0 saturated heterocycles. The van der Waals surface area contributed by atoms with Gasteiger partial charge in [-0.1, -0.05) is 11.6 Å². The first kappa shape index (κ1) is 13.7. The van der Waals surface area contributed by atoms with Gasteiger partial charge in [0.25, 0.3) is 15.7 Å². The van der Waals surface area contributed by atoms with Crippen LogP contribution in [0, 0.1) is 10.1 Å². The van der Waals surface area contributed by atoms with Gasteiger partial charge < -0.3 is 0 Å². The van der Waals surface area contributed by atoms with Crippen LogP contribution in [0.3, 0.4) is 0 Å². The van der Waals surface area contributed by atoms with Crippen LogP contribution in [0.15, 0.2) is 34.7 Å². The van der Waals surface area contributed by atoms with E-state index in [0.717, 1.165) is 23.5 Å². The molecule has 10 heteroatoms. The zero-order chi connectivity index (χ0) is 14.0. The summed E-state index contributed by atoms with van der Waals surface area (Å²) in [4.78, 5) is 13.5. The number of rotatable bonds is 4. The average molecular weight is 320 g/mol. The number of nitrogens with one attached hydrogen (secondary N) is 1. The molecule has 1 N–H and O–H groups in total. The largest absolute Gasteiger partial charge is 0.289 e. The van der Waals surface area contributed by atoms with Crippen LogP contribution in [-0.4, -0.2) is 18.3 Å². The van der Waals surface area contributed by atoms with E-state index in [-0.39, 0.29) is 15.0 Å². The molecule has 1 heterocycles. The number of hydrogen-bond donors (Lipinski definition) is 1. The normalized spacial score (nSPS) is 11.2. The van der Waals surface area contributed by atoms with E-state index in [1.54, 1.807) is 5.38 Å². The Morgan fingerprint density at radius 1 is 1.42 bits per heavy atom. The van der Waals surface area contributed by atoms with Crippen LogP contribution < -0.4 is 4.72 Å². The molecule has 0 aliphatic rings. The van der Waals surface area contributed by atoms with Crippen LogP contribution in [-0.2, 0) is 10.0 Å². The van der Waals surface area contributed by atoms with Crippen molar-refractivity contribution >= 4 is 43.8 Å². The second-order valence-corrected chi connectivity index (χ2v) is 6.30. The summed E-state index contributed by atoms with van der Waals surface area (Å²) in [6, 6.07) is 3.25. The number of aromatic nitrogens is 1. The highest BCUT2D eigenvalue weighted by atomic mass is 35.5. The molecular formula is C9H6ClN3O4S2. The lowest BCUT2D eigenvalue weighted by molar-refractivity contribution is -0.384. The summed E-state index contributed by atoms with van der Waals surface area (Å²) in [7, 11) is -3.92. The third-order valence-corrected chi connectivity index (χ3v) is 4.55. The molecule has 1 aromatic heterocycles. The number of nitrogens with zero attached hydrogens (tertiary/aromatic N) is 2. The van der Waals surface area contributed by atoms with Gasteiger partial charge in [0.1, 0.15) is 5.02 Å². The fraction of sp³-hybridized carbons (Fsp3) is 0. The molecule has 0 saturated carbocycles. The van der Waals surface area contributed by atoms with Crippen molar-refractivity contribution in [1.82, 2.24) is 4.98 Å². The van der Waals surface area contributed by atoms with Crippen molar-refractivity contribution < 1.29 is 13.3 Å². The van der Waals surface area contributed by atoms with Gasteiger partial charge in [-0.05, 0) is 12.1 Å². The van der Waals surface area contributed by atoms with Crippen LogP contribution >= 0.6 is 22.9 Å². The number of nitro groups is 1. The molecule has 1 aromatic carbocycles. The molecule has 0 aliphatic heterocycles. The van der Waals surface area contributed by atoms with Gasteiger partial charge in [0.15, 0.2) is 5.13 Å². The predicted octanol–water partition coefficient (Wildman–Crippen LogP) is 2.51. The Bertz CT molecular complexity index is 715. The highest BCUT2D eigenvalue weighted by Crippen LogP contribution is 2.28. The topological polar surface area (TPSA) is 102 Å². The zero-order valence-electron chi connectivity index (χ0n) is 9.11. The summed E-state index contributed by atoms with van der Waals surface area (Å²) < 4.78 is 26.2. The van der Waals surface area contributed by atoms with Crippen molar-refractivity contribution in [2.24, 2.45) is 0 Å². The van der Waals surface area contributed by atoms with Gasteiger partial charge in [0.2, 0.25) is 0 Å². The lowest BCUT2D eigenvalue weighted by Gasteiger charge is -2.05. The monoisotopic (exact) mass is 319 g/mol. The Morgan fingerprint density at radius 3 is 2.74 bits per heavy atom. The summed E-state index contributed by atoms with van der Waals surface area (Å²) in [5.74, 6) is 0. The molecule has 2 rings (SSSR count). The van der Waals surface area contributed by atoms with Crippen molar-refractivity contribution in [3.63, 3.8) is 0 Å². The Balaban J connectivity index is 2.41. The fourth-order valence-electron chi connectivity index (χ4n) is 1.25. The number of benzene rings is 1. The van der Waals surface area contributed by atoms with Crippen molar-refractivity contribution in [1.29, 1.82) is 0 Å². The van der Waals surface area contributed by atoms with E-state index in [2.05, 4.69) is 9.71 Å². The van der Waals surface area contributed by atoms with Crippen LogP contribution in [0.1, 0.15) is 0 Å². The maximum atomic E-state index is 12.0. The van der Waals surface area contributed by atoms with E-state index in [0.29, 0.717) is 0 Å². The molecule has 0 amide bonds. The second-order valence-electron chi connectivity index (χ2n) is 3.31. The molecule has 0 spiro atoms. The molecule has 100 valence electrons. The third-order valence-electron chi connectivity index (χ3n) is 2.08. The van der Waals surface area contributed by atoms with Gasteiger partial charge in [0.05, 0.1) is 9.82 Å². The van der Waals surface area contributed by atoms with Gasteiger partial charge in [-0.2, -0.15) is 0 Å². The molecule has 0 fully saturated rings. The lowest BCUT2D eigenvalue weighted by atomic mass is 10.3. The second kappa shape index (κ2) is 5.11. The minimum absolute atomic E-state index is 0.127. The first-order chi connectivity index (χ1) is 8.90. The number of nitro benzene ring substituents is 1. The fourth-order valence-corrected chi connectivity index (χ4v) is 3.24. The predicted molar refractivity (Wildman–Crippen MR) is 71.0 cm³/mol. The van der Waals surface area contributed by atoms with E-state index < -0.39 is 20.6 Å². The van der Waals surface area contributed by atoms with Crippen molar-refractivity contribution in [3.8, 4) is 0 Å². The molecule has 0 bridgehead atoms. The first-order valence-corrected chi connectivity index (χ1v) is 7.50. The number of anilines is 1. The smallest absolute Gasteiger partial charge is 0.258 e. The Hall–Kier alpha value is -1.71. The molecular weight excluding hydrogens is 314 g/mol. The summed E-state index contributed by atoms with van der Waals surface area (Å²) >= 11 is 6.71. The standard InChI is InChI=1S/C9H6ClN3O4S2/c10-7-2-1-6(5-8(7)13(14)15)19(16,17)12-9-11-3-4-18-9/h1-5H,(H,11,12). The van der Waals surface area contributed by atoms with Gasteiger partial charge in [0, 0.05) is 17.6 Å².